The van der Waals surface area contributed by atoms with Crippen LogP contribution >= 0.6 is 11.6 Å². The molecule has 2 aliphatic heterocycles. The monoisotopic (exact) mass is 528 g/mol. The number of rotatable bonds is 7. The van der Waals surface area contributed by atoms with Crippen molar-refractivity contribution >= 4 is 49.7 Å². The molecular weight excluding hydrogens is 500 g/mol. The van der Waals surface area contributed by atoms with Gasteiger partial charge in [-0.25, -0.2) is 8.42 Å². The average Bonchev–Trinajstić information content (AvgIpc) is 2.87. The Morgan fingerprint density at radius 3 is 2.58 bits per heavy atom. The second-order valence-electron chi connectivity index (χ2n) is 9.09. The summed E-state index contributed by atoms with van der Waals surface area (Å²) in [5, 5.41) is 5.19. The zero-order valence-electron chi connectivity index (χ0n) is 20.0. The van der Waals surface area contributed by atoms with E-state index in [-0.39, 0.29) is 23.6 Å². The number of carbonyl (C=O) groups excluding carboxylic acids is 1. The number of nitrogens with one attached hydrogen (secondary N) is 2. The Kier molecular flexibility index (Phi) is 7.07. The number of hydrogen-bond acceptors (Lipinski definition) is 6. The molecule has 1 saturated heterocycles. The minimum atomic E-state index is -3.71. The predicted molar refractivity (Wildman–Crippen MR) is 142 cm³/mol. The van der Waals surface area contributed by atoms with Gasteiger partial charge in [-0.3, -0.25) is 9.69 Å². The van der Waals surface area contributed by atoms with Crippen molar-refractivity contribution in [1.82, 2.24) is 9.62 Å². The smallest absolute Gasteiger partial charge is 0.262 e. The quantitative estimate of drug-likeness (QED) is 0.481. The molecule has 190 valence electrons. The highest BCUT2D eigenvalue weighted by atomic mass is 35.5. The van der Waals surface area contributed by atoms with Crippen LogP contribution in [0.4, 0.5) is 11.4 Å². The number of ether oxygens (including phenoxy) is 1. The zero-order valence-corrected chi connectivity index (χ0v) is 21.6. The molecule has 2 heterocycles. The third-order valence-corrected chi connectivity index (χ3v) is 8.34. The first-order chi connectivity index (χ1) is 17.3. The van der Waals surface area contributed by atoms with E-state index in [0.717, 1.165) is 22.9 Å². The van der Waals surface area contributed by atoms with Gasteiger partial charge in [-0.1, -0.05) is 43.1 Å². The molecule has 5 rings (SSSR count). The molecule has 0 aromatic heterocycles. The molecule has 36 heavy (non-hydrogen) atoms. The summed E-state index contributed by atoms with van der Waals surface area (Å²) >= 11 is 6.06. The lowest BCUT2D eigenvalue weighted by Gasteiger charge is -2.41. The summed E-state index contributed by atoms with van der Waals surface area (Å²) in [4.78, 5) is 16.3. The van der Waals surface area contributed by atoms with Crippen LogP contribution in [0.3, 0.4) is 0 Å². The Morgan fingerprint density at radius 2 is 1.81 bits per heavy atom. The summed E-state index contributed by atoms with van der Waals surface area (Å²) in [7, 11) is -3.71. The topological polar surface area (TPSA) is 91.0 Å². The first kappa shape index (κ1) is 24.8. The van der Waals surface area contributed by atoms with E-state index in [1.54, 1.807) is 24.3 Å². The molecule has 3 aromatic rings. The number of nitrogens with zero attached hydrogens (tertiary/aromatic N) is 2. The zero-order chi connectivity index (χ0) is 25.3. The summed E-state index contributed by atoms with van der Waals surface area (Å²) in [6.07, 6.45) is 1.25. The molecule has 0 bridgehead atoms. The molecule has 0 aliphatic carbocycles. The van der Waals surface area contributed by atoms with Gasteiger partial charge in [-0.2, -0.15) is 4.72 Å². The first-order valence-corrected chi connectivity index (χ1v) is 14.0. The fourth-order valence-electron chi connectivity index (χ4n) is 4.82. The number of halogens is 1. The normalized spacial score (nSPS) is 17.4. The molecule has 0 spiro atoms. The summed E-state index contributed by atoms with van der Waals surface area (Å²) in [5.74, 6) is 0.531. The molecular formula is C26H29ClN4O4S. The third kappa shape index (κ3) is 5.15. The van der Waals surface area contributed by atoms with Crippen molar-refractivity contribution < 1.29 is 17.9 Å². The van der Waals surface area contributed by atoms with Crippen molar-refractivity contribution in [2.75, 3.05) is 43.0 Å². The summed E-state index contributed by atoms with van der Waals surface area (Å²) in [6, 6.07) is 16.2. The molecule has 2 N–H and O–H groups in total. The average molecular weight is 529 g/mol. The van der Waals surface area contributed by atoms with Gasteiger partial charge >= 0.3 is 0 Å². The van der Waals surface area contributed by atoms with E-state index in [2.05, 4.69) is 26.8 Å². The molecule has 0 radical (unpaired) electrons. The van der Waals surface area contributed by atoms with Crippen LogP contribution in [-0.4, -0.2) is 58.2 Å². The van der Waals surface area contributed by atoms with Crippen LogP contribution in [0, 0.1) is 0 Å². The molecule has 10 heteroatoms. The Labute approximate surface area is 216 Å². The standard InChI is InChI=1S/C26H29ClN4O4S/c1-2-4-24(29-36(33,34)21-10-8-18-15-20(27)9-7-19(18)16-21)31-13-11-30(12-14-31)23-6-3-5-22-26(23)35-17-25(32)28-22/h3,5-10,15-16,24,29H,2,4,11-14,17H2,1H3,(H,28,32). The van der Waals surface area contributed by atoms with Crippen LogP contribution in [0.5, 0.6) is 5.75 Å². The van der Waals surface area contributed by atoms with Crippen molar-refractivity contribution in [3.05, 3.63) is 59.6 Å². The fourth-order valence-corrected chi connectivity index (χ4v) is 6.29. The van der Waals surface area contributed by atoms with E-state index < -0.39 is 10.0 Å². The number of para-hydroxylation sites is 1. The Balaban J connectivity index is 1.29. The van der Waals surface area contributed by atoms with Gasteiger partial charge in [0, 0.05) is 31.2 Å². The lowest BCUT2D eigenvalue weighted by molar-refractivity contribution is -0.118. The summed E-state index contributed by atoms with van der Waals surface area (Å²) in [6.45, 7) is 4.88. The highest BCUT2D eigenvalue weighted by Crippen LogP contribution is 2.38. The minimum absolute atomic E-state index is 0.00609. The number of benzene rings is 3. The highest BCUT2D eigenvalue weighted by molar-refractivity contribution is 7.89. The molecule has 1 atom stereocenters. The summed E-state index contributed by atoms with van der Waals surface area (Å²) < 4.78 is 35.3. The maximum atomic E-state index is 13.3. The van der Waals surface area contributed by atoms with Crippen LogP contribution in [0.15, 0.2) is 59.5 Å². The number of carbonyl (C=O) groups is 1. The Hall–Kier alpha value is -2.85. The van der Waals surface area contributed by atoms with E-state index in [4.69, 9.17) is 16.3 Å². The van der Waals surface area contributed by atoms with E-state index in [0.29, 0.717) is 49.1 Å². The Morgan fingerprint density at radius 1 is 1.06 bits per heavy atom. The van der Waals surface area contributed by atoms with E-state index >= 15 is 0 Å². The summed E-state index contributed by atoms with van der Waals surface area (Å²) in [5.41, 5.74) is 1.62. The third-order valence-electron chi connectivity index (χ3n) is 6.65. The van der Waals surface area contributed by atoms with Crippen LogP contribution in [0.1, 0.15) is 19.8 Å². The van der Waals surface area contributed by atoms with Gasteiger partial charge in [-0.05, 0) is 53.6 Å². The second kappa shape index (κ2) is 10.3. The second-order valence-corrected chi connectivity index (χ2v) is 11.2. The van der Waals surface area contributed by atoms with Gasteiger partial charge in [0.25, 0.3) is 5.91 Å². The highest BCUT2D eigenvalue weighted by Gasteiger charge is 2.30. The van der Waals surface area contributed by atoms with Gasteiger partial charge in [0.2, 0.25) is 10.0 Å². The van der Waals surface area contributed by atoms with Gasteiger partial charge in [0.05, 0.1) is 22.4 Å². The van der Waals surface area contributed by atoms with Crippen LogP contribution < -0.4 is 19.7 Å². The maximum Gasteiger partial charge on any atom is 0.262 e. The predicted octanol–water partition coefficient (Wildman–Crippen LogP) is 4.05. The van der Waals surface area contributed by atoms with Crippen LogP contribution in [0.2, 0.25) is 5.02 Å². The number of sulfonamides is 1. The lowest BCUT2D eigenvalue weighted by Crippen LogP contribution is -2.56. The van der Waals surface area contributed by atoms with Gasteiger partial charge in [-0.15, -0.1) is 0 Å². The SMILES string of the molecule is CCCC(NS(=O)(=O)c1ccc2cc(Cl)ccc2c1)N1CCN(c2cccc3c2OCC(=O)N3)CC1. The Bertz CT molecular complexity index is 1390. The molecule has 8 nitrogen and oxygen atoms in total. The molecule has 1 amide bonds. The van der Waals surface area contributed by atoms with Crippen LogP contribution in [0.25, 0.3) is 10.8 Å². The van der Waals surface area contributed by atoms with Crippen LogP contribution in [-0.2, 0) is 14.8 Å². The van der Waals surface area contributed by atoms with Gasteiger partial charge in [0.15, 0.2) is 12.4 Å². The molecule has 1 fully saturated rings. The molecule has 1 unspecified atom stereocenters. The number of amides is 1. The van der Waals surface area contributed by atoms with E-state index in [1.807, 2.05) is 30.3 Å². The fraction of sp³-hybridized carbons (Fsp3) is 0.346. The van der Waals surface area contributed by atoms with E-state index in [1.165, 1.54) is 0 Å². The van der Waals surface area contributed by atoms with Crippen molar-refractivity contribution in [3.8, 4) is 5.75 Å². The molecule has 0 saturated carbocycles. The van der Waals surface area contributed by atoms with E-state index in [9.17, 15) is 13.2 Å². The lowest BCUT2D eigenvalue weighted by atomic mass is 10.1. The number of piperazine rings is 1. The van der Waals surface area contributed by atoms with Crippen molar-refractivity contribution in [3.63, 3.8) is 0 Å². The van der Waals surface area contributed by atoms with Crippen molar-refractivity contribution in [2.24, 2.45) is 0 Å². The largest absolute Gasteiger partial charge is 0.479 e. The number of anilines is 2. The van der Waals surface area contributed by atoms with Gasteiger partial charge < -0.3 is 15.0 Å². The minimum Gasteiger partial charge on any atom is -0.479 e. The van der Waals surface area contributed by atoms with Crippen molar-refractivity contribution in [1.29, 1.82) is 0 Å². The molecule has 3 aromatic carbocycles. The van der Waals surface area contributed by atoms with Gasteiger partial charge in [0.1, 0.15) is 0 Å². The maximum absolute atomic E-state index is 13.3. The molecule has 2 aliphatic rings. The number of hydrogen-bond donors (Lipinski definition) is 2. The first-order valence-electron chi connectivity index (χ1n) is 12.1. The number of fused-ring (bicyclic) bond motifs is 2. The van der Waals surface area contributed by atoms with Crippen molar-refractivity contribution in [2.45, 2.75) is 30.8 Å².